The number of nitrogens with one attached hydrogen (secondary N) is 2. The monoisotopic (exact) mass is 327 g/mol. The number of nitrogens with zero attached hydrogens (tertiary/aromatic N) is 3. The Labute approximate surface area is 145 Å². The standard InChI is InChI=1S/C20H17N5/c1-14-5-4-7-16(11-14)24-20-21-10-9-19(25-20)23-17-12-15-6-2-3-8-18(15)22-13-17/h2-13H,1H3,(H2,21,23,24,25). The Morgan fingerprint density at radius 3 is 2.64 bits per heavy atom. The smallest absolute Gasteiger partial charge is 0.229 e. The summed E-state index contributed by atoms with van der Waals surface area (Å²) in [5.41, 5.74) is 4.00. The molecule has 25 heavy (non-hydrogen) atoms. The summed E-state index contributed by atoms with van der Waals surface area (Å²) in [5, 5.41) is 7.59. The molecular formula is C20H17N5. The molecule has 0 aliphatic heterocycles. The van der Waals surface area contributed by atoms with Gasteiger partial charge in [-0.3, -0.25) is 4.98 Å². The predicted octanol–water partition coefficient (Wildman–Crippen LogP) is 4.82. The molecule has 122 valence electrons. The van der Waals surface area contributed by atoms with Gasteiger partial charge in [0.1, 0.15) is 5.82 Å². The van der Waals surface area contributed by atoms with E-state index in [-0.39, 0.29) is 0 Å². The zero-order chi connectivity index (χ0) is 17.1. The minimum absolute atomic E-state index is 0.546. The molecule has 0 aliphatic rings. The summed E-state index contributed by atoms with van der Waals surface area (Å²) in [6, 6.07) is 20.0. The van der Waals surface area contributed by atoms with Crippen LogP contribution in [-0.4, -0.2) is 15.0 Å². The van der Waals surface area contributed by atoms with Crippen LogP contribution >= 0.6 is 0 Å². The number of fused-ring (bicyclic) bond motifs is 1. The Bertz CT molecular complexity index is 1030. The van der Waals surface area contributed by atoms with Crippen molar-refractivity contribution in [2.75, 3.05) is 10.6 Å². The summed E-state index contributed by atoms with van der Waals surface area (Å²) in [7, 11) is 0. The van der Waals surface area contributed by atoms with Crippen molar-refractivity contribution < 1.29 is 0 Å². The number of aryl methyl sites for hydroxylation is 1. The highest BCUT2D eigenvalue weighted by atomic mass is 15.1. The summed E-state index contributed by atoms with van der Waals surface area (Å²) < 4.78 is 0. The molecule has 0 amide bonds. The van der Waals surface area contributed by atoms with Gasteiger partial charge in [0.05, 0.1) is 17.4 Å². The second-order valence-corrected chi connectivity index (χ2v) is 5.80. The van der Waals surface area contributed by atoms with Crippen LogP contribution in [0.15, 0.2) is 73.1 Å². The first kappa shape index (κ1) is 15.1. The number of hydrogen-bond acceptors (Lipinski definition) is 5. The van der Waals surface area contributed by atoms with Gasteiger partial charge in [-0.05, 0) is 42.8 Å². The Balaban J connectivity index is 1.56. The van der Waals surface area contributed by atoms with Gasteiger partial charge >= 0.3 is 0 Å². The molecule has 0 radical (unpaired) electrons. The van der Waals surface area contributed by atoms with Gasteiger partial charge in [-0.25, -0.2) is 4.98 Å². The van der Waals surface area contributed by atoms with Gasteiger partial charge in [0.15, 0.2) is 0 Å². The zero-order valence-electron chi connectivity index (χ0n) is 13.8. The van der Waals surface area contributed by atoms with Gasteiger partial charge in [0.2, 0.25) is 5.95 Å². The Hall–Kier alpha value is -3.47. The van der Waals surface area contributed by atoms with E-state index < -0.39 is 0 Å². The SMILES string of the molecule is Cc1cccc(Nc2nccc(Nc3cnc4ccccc4c3)n2)c1. The summed E-state index contributed by atoms with van der Waals surface area (Å²) in [4.78, 5) is 13.2. The number of anilines is 4. The number of aromatic nitrogens is 3. The highest BCUT2D eigenvalue weighted by molar-refractivity contribution is 5.82. The van der Waals surface area contributed by atoms with Gasteiger partial charge in [0, 0.05) is 17.3 Å². The number of para-hydroxylation sites is 1. The van der Waals surface area contributed by atoms with Crippen LogP contribution in [0.25, 0.3) is 10.9 Å². The van der Waals surface area contributed by atoms with Crippen LogP contribution in [0.5, 0.6) is 0 Å². The molecule has 0 spiro atoms. The van der Waals surface area contributed by atoms with Gasteiger partial charge in [-0.1, -0.05) is 30.3 Å². The molecule has 0 saturated heterocycles. The van der Waals surface area contributed by atoms with E-state index in [9.17, 15) is 0 Å². The predicted molar refractivity (Wildman–Crippen MR) is 102 cm³/mol. The zero-order valence-corrected chi connectivity index (χ0v) is 13.8. The highest BCUT2D eigenvalue weighted by Crippen LogP contribution is 2.20. The first-order valence-corrected chi connectivity index (χ1v) is 8.05. The molecular weight excluding hydrogens is 310 g/mol. The van der Waals surface area contributed by atoms with E-state index in [1.807, 2.05) is 42.5 Å². The summed E-state index contributed by atoms with van der Waals surface area (Å²) in [6.07, 6.45) is 3.53. The molecule has 0 aliphatic carbocycles. The second kappa shape index (κ2) is 6.57. The summed E-state index contributed by atoms with van der Waals surface area (Å²) >= 11 is 0. The number of pyridine rings is 1. The van der Waals surface area contributed by atoms with Crippen molar-refractivity contribution in [3.05, 3.63) is 78.6 Å². The van der Waals surface area contributed by atoms with E-state index in [0.717, 1.165) is 22.3 Å². The highest BCUT2D eigenvalue weighted by Gasteiger charge is 2.03. The summed E-state index contributed by atoms with van der Waals surface area (Å²) in [5.74, 6) is 1.26. The molecule has 4 rings (SSSR count). The molecule has 0 fully saturated rings. The van der Waals surface area contributed by atoms with E-state index >= 15 is 0 Å². The molecule has 4 aromatic rings. The van der Waals surface area contributed by atoms with E-state index in [1.165, 1.54) is 5.56 Å². The van der Waals surface area contributed by atoms with Crippen molar-refractivity contribution in [2.24, 2.45) is 0 Å². The molecule has 2 aromatic carbocycles. The maximum Gasteiger partial charge on any atom is 0.229 e. The van der Waals surface area contributed by atoms with Crippen molar-refractivity contribution in [3.8, 4) is 0 Å². The molecule has 0 atom stereocenters. The number of rotatable bonds is 4. The Morgan fingerprint density at radius 1 is 0.800 bits per heavy atom. The fourth-order valence-corrected chi connectivity index (χ4v) is 2.63. The van der Waals surface area contributed by atoms with Gasteiger partial charge in [0.25, 0.3) is 0 Å². The quantitative estimate of drug-likeness (QED) is 0.562. The minimum Gasteiger partial charge on any atom is -0.339 e. The third-order valence-corrected chi connectivity index (χ3v) is 3.79. The summed E-state index contributed by atoms with van der Waals surface area (Å²) in [6.45, 7) is 2.05. The molecule has 0 saturated carbocycles. The van der Waals surface area contributed by atoms with Gasteiger partial charge < -0.3 is 10.6 Å². The van der Waals surface area contributed by atoms with E-state index in [0.29, 0.717) is 11.8 Å². The average Bonchev–Trinajstić information content (AvgIpc) is 2.62. The topological polar surface area (TPSA) is 62.7 Å². The first-order valence-electron chi connectivity index (χ1n) is 8.05. The van der Waals surface area contributed by atoms with Crippen molar-refractivity contribution in [2.45, 2.75) is 6.92 Å². The van der Waals surface area contributed by atoms with Crippen LogP contribution in [0.3, 0.4) is 0 Å². The van der Waals surface area contributed by atoms with Crippen molar-refractivity contribution in [1.29, 1.82) is 0 Å². The van der Waals surface area contributed by atoms with Crippen molar-refractivity contribution in [3.63, 3.8) is 0 Å². The average molecular weight is 327 g/mol. The lowest BCUT2D eigenvalue weighted by atomic mass is 10.2. The van der Waals surface area contributed by atoms with Crippen LogP contribution < -0.4 is 10.6 Å². The van der Waals surface area contributed by atoms with Gasteiger partial charge in [-0.2, -0.15) is 4.98 Å². The molecule has 2 aromatic heterocycles. The van der Waals surface area contributed by atoms with Crippen LogP contribution in [0.4, 0.5) is 23.1 Å². The van der Waals surface area contributed by atoms with Crippen LogP contribution in [0, 0.1) is 6.92 Å². The van der Waals surface area contributed by atoms with E-state index in [2.05, 4.69) is 50.7 Å². The second-order valence-electron chi connectivity index (χ2n) is 5.80. The molecule has 2 N–H and O–H groups in total. The minimum atomic E-state index is 0.546. The lowest BCUT2D eigenvalue weighted by Gasteiger charge is -2.09. The molecule has 0 unspecified atom stereocenters. The molecule has 0 bridgehead atoms. The third-order valence-electron chi connectivity index (χ3n) is 3.79. The molecule has 5 nitrogen and oxygen atoms in total. The van der Waals surface area contributed by atoms with Crippen LogP contribution in [-0.2, 0) is 0 Å². The number of benzene rings is 2. The lowest BCUT2D eigenvalue weighted by molar-refractivity contribution is 1.16. The van der Waals surface area contributed by atoms with Crippen LogP contribution in [0.2, 0.25) is 0 Å². The van der Waals surface area contributed by atoms with E-state index in [4.69, 9.17) is 0 Å². The van der Waals surface area contributed by atoms with Crippen molar-refractivity contribution in [1.82, 2.24) is 15.0 Å². The largest absolute Gasteiger partial charge is 0.339 e. The fourth-order valence-electron chi connectivity index (χ4n) is 2.63. The van der Waals surface area contributed by atoms with Crippen molar-refractivity contribution >= 4 is 34.0 Å². The fraction of sp³-hybridized carbons (Fsp3) is 0.0500. The van der Waals surface area contributed by atoms with Crippen LogP contribution in [0.1, 0.15) is 5.56 Å². The Morgan fingerprint density at radius 2 is 1.72 bits per heavy atom. The van der Waals surface area contributed by atoms with Gasteiger partial charge in [-0.15, -0.1) is 0 Å². The maximum atomic E-state index is 4.51. The maximum absolute atomic E-state index is 4.51. The number of hydrogen-bond donors (Lipinski definition) is 2. The van der Waals surface area contributed by atoms with E-state index in [1.54, 1.807) is 12.4 Å². The normalized spacial score (nSPS) is 10.6. The Kier molecular flexibility index (Phi) is 3.96. The molecule has 5 heteroatoms. The first-order chi connectivity index (χ1) is 12.3. The third kappa shape index (κ3) is 3.55. The molecule has 2 heterocycles. The lowest BCUT2D eigenvalue weighted by Crippen LogP contribution is -2.00.